The molecule has 0 saturated carbocycles. The molecule has 1 aliphatic rings. The van der Waals surface area contributed by atoms with Crippen molar-refractivity contribution in [3.63, 3.8) is 0 Å². The van der Waals surface area contributed by atoms with Crippen molar-refractivity contribution in [1.82, 2.24) is 0 Å². The first kappa shape index (κ1) is 12.7. The number of hydrogen-bond donors (Lipinski definition) is 3. The Morgan fingerprint density at radius 3 is 2.60 bits per heavy atom. The second-order valence-electron chi connectivity index (χ2n) is 5.26. The molecule has 1 heterocycles. The van der Waals surface area contributed by atoms with Gasteiger partial charge in [-0.2, -0.15) is 0 Å². The van der Waals surface area contributed by atoms with Crippen LogP contribution < -0.4 is 4.74 Å². The highest BCUT2D eigenvalue weighted by molar-refractivity contribution is 5.51. The number of hydrogen-bond acceptors (Lipinski definition) is 4. The van der Waals surface area contributed by atoms with Gasteiger partial charge >= 0.3 is 0 Å². The lowest BCUT2D eigenvalue weighted by Crippen LogP contribution is -2.23. The third-order valence-electron chi connectivity index (χ3n) is 3.67. The molecule has 2 aromatic carbocycles. The average molecular weight is 272 g/mol. The Kier molecular flexibility index (Phi) is 2.93. The second-order valence-corrected chi connectivity index (χ2v) is 5.26. The van der Waals surface area contributed by atoms with Gasteiger partial charge in [0.05, 0.1) is 0 Å². The monoisotopic (exact) mass is 272 g/mol. The van der Waals surface area contributed by atoms with Crippen LogP contribution in [0.3, 0.4) is 0 Å². The summed E-state index contributed by atoms with van der Waals surface area (Å²) in [5.74, 6) is 0.878. The number of phenols is 3. The summed E-state index contributed by atoms with van der Waals surface area (Å²) in [6.45, 7) is 2.03. The second kappa shape index (κ2) is 4.63. The summed E-state index contributed by atoms with van der Waals surface area (Å²) in [7, 11) is 0. The topological polar surface area (TPSA) is 69.9 Å². The minimum atomic E-state index is -0.212. The molecule has 1 aliphatic heterocycles. The minimum absolute atomic E-state index is 0.0227. The van der Waals surface area contributed by atoms with E-state index in [0.29, 0.717) is 17.7 Å². The average Bonchev–Trinajstić information content (AvgIpc) is 2.39. The largest absolute Gasteiger partial charge is 0.508 e. The van der Waals surface area contributed by atoms with E-state index < -0.39 is 0 Å². The summed E-state index contributed by atoms with van der Waals surface area (Å²) in [5, 5.41) is 29.0. The summed E-state index contributed by atoms with van der Waals surface area (Å²) in [5.41, 5.74) is 1.60. The van der Waals surface area contributed by atoms with Crippen LogP contribution in [0.5, 0.6) is 23.0 Å². The Balaban J connectivity index is 2.00. The van der Waals surface area contributed by atoms with Gasteiger partial charge in [0, 0.05) is 23.6 Å². The molecule has 0 aliphatic carbocycles. The van der Waals surface area contributed by atoms with Gasteiger partial charge in [-0.3, -0.25) is 0 Å². The number of fused-ring (bicyclic) bond motifs is 1. The molecule has 0 unspecified atom stereocenters. The van der Waals surface area contributed by atoms with E-state index in [4.69, 9.17) is 4.74 Å². The Labute approximate surface area is 116 Å². The normalized spacial score (nSPS) is 21.1. The molecule has 104 valence electrons. The Morgan fingerprint density at radius 2 is 1.85 bits per heavy atom. The lowest BCUT2D eigenvalue weighted by atomic mass is 9.88. The lowest BCUT2D eigenvalue weighted by Gasteiger charge is -2.32. The number of ether oxygens (including phenoxy) is 1. The molecule has 0 saturated heterocycles. The maximum Gasteiger partial charge on any atom is 0.130 e. The van der Waals surface area contributed by atoms with Crippen molar-refractivity contribution < 1.29 is 20.1 Å². The number of rotatable bonds is 1. The quantitative estimate of drug-likeness (QED) is 0.746. The fourth-order valence-corrected chi connectivity index (χ4v) is 2.71. The highest BCUT2D eigenvalue weighted by Gasteiger charge is 2.30. The molecular weight excluding hydrogens is 256 g/mol. The van der Waals surface area contributed by atoms with Gasteiger partial charge in [0.1, 0.15) is 29.1 Å². The minimum Gasteiger partial charge on any atom is -0.508 e. The van der Waals surface area contributed by atoms with Crippen LogP contribution in [0, 0.1) is 5.92 Å². The highest BCUT2D eigenvalue weighted by Crippen LogP contribution is 2.44. The van der Waals surface area contributed by atoms with Crippen LogP contribution in [-0.2, 0) is 6.42 Å². The third-order valence-corrected chi connectivity index (χ3v) is 3.67. The highest BCUT2D eigenvalue weighted by atomic mass is 16.5. The van der Waals surface area contributed by atoms with E-state index in [0.717, 1.165) is 5.56 Å². The molecule has 4 nitrogen and oxygen atoms in total. The van der Waals surface area contributed by atoms with E-state index in [1.165, 1.54) is 12.1 Å². The lowest BCUT2D eigenvalue weighted by molar-refractivity contribution is 0.121. The molecule has 20 heavy (non-hydrogen) atoms. The molecule has 0 aromatic heterocycles. The van der Waals surface area contributed by atoms with Crippen molar-refractivity contribution in [1.29, 1.82) is 0 Å². The maximum atomic E-state index is 9.88. The third kappa shape index (κ3) is 2.13. The van der Waals surface area contributed by atoms with Gasteiger partial charge in [0.15, 0.2) is 0 Å². The molecule has 0 bridgehead atoms. The zero-order valence-electron chi connectivity index (χ0n) is 11.1. The standard InChI is InChI=1S/C16H16O4/c1-9-5-13-14(19)7-12(18)8-15(13)20-16(9)10-3-2-4-11(17)6-10/h2-4,6-9,16-19H,5H2,1H3/t9-,16+/m0/s1. The molecule has 0 fully saturated rings. The van der Waals surface area contributed by atoms with E-state index >= 15 is 0 Å². The summed E-state index contributed by atoms with van der Waals surface area (Å²) in [4.78, 5) is 0. The molecular formula is C16H16O4. The van der Waals surface area contributed by atoms with Gasteiger partial charge < -0.3 is 20.1 Å². The fourth-order valence-electron chi connectivity index (χ4n) is 2.71. The van der Waals surface area contributed by atoms with Gasteiger partial charge in [-0.1, -0.05) is 19.1 Å². The molecule has 0 amide bonds. The predicted molar refractivity (Wildman–Crippen MR) is 74.1 cm³/mol. The van der Waals surface area contributed by atoms with Crippen LogP contribution in [-0.4, -0.2) is 15.3 Å². The molecule has 0 spiro atoms. The zero-order valence-corrected chi connectivity index (χ0v) is 11.1. The number of aromatic hydroxyl groups is 3. The predicted octanol–water partition coefficient (Wildman–Crippen LogP) is 3.12. The Bertz CT molecular complexity index is 651. The van der Waals surface area contributed by atoms with Crippen molar-refractivity contribution in [2.45, 2.75) is 19.4 Å². The van der Waals surface area contributed by atoms with Crippen molar-refractivity contribution in [3.05, 3.63) is 47.5 Å². The first-order valence-corrected chi connectivity index (χ1v) is 6.55. The first-order valence-electron chi connectivity index (χ1n) is 6.55. The number of phenolic OH excluding ortho intramolecular Hbond substituents is 3. The summed E-state index contributed by atoms with van der Waals surface area (Å²) in [6.07, 6.45) is 0.442. The maximum absolute atomic E-state index is 9.88. The van der Waals surface area contributed by atoms with E-state index in [9.17, 15) is 15.3 Å². The molecule has 2 aromatic rings. The first-order chi connectivity index (χ1) is 9.54. The van der Waals surface area contributed by atoms with Crippen molar-refractivity contribution in [2.24, 2.45) is 5.92 Å². The van der Waals surface area contributed by atoms with Crippen LogP contribution >= 0.6 is 0 Å². The Morgan fingerprint density at radius 1 is 1.05 bits per heavy atom. The van der Waals surface area contributed by atoms with Crippen molar-refractivity contribution in [2.75, 3.05) is 0 Å². The fraction of sp³-hybridized carbons (Fsp3) is 0.250. The zero-order chi connectivity index (χ0) is 14.3. The number of benzene rings is 2. The van der Waals surface area contributed by atoms with Crippen LogP contribution in [0.1, 0.15) is 24.2 Å². The summed E-state index contributed by atoms with van der Waals surface area (Å²) >= 11 is 0. The van der Waals surface area contributed by atoms with Crippen LogP contribution in [0.25, 0.3) is 0 Å². The van der Waals surface area contributed by atoms with Crippen LogP contribution in [0.15, 0.2) is 36.4 Å². The van der Waals surface area contributed by atoms with E-state index in [-0.39, 0.29) is 29.3 Å². The summed E-state index contributed by atoms with van der Waals surface area (Å²) in [6, 6.07) is 9.79. The Hall–Kier alpha value is -2.36. The van der Waals surface area contributed by atoms with Crippen molar-refractivity contribution >= 4 is 0 Å². The van der Waals surface area contributed by atoms with E-state index in [2.05, 4.69) is 0 Å². The van der Waals surface area contributed by atoms with E-state index in [1.54, 1.807) is 18.2 Å². The molecule has 4 heteroatoms. The SMILES string of the molecule is C[C@H]1Cc2c(O)cc(O)cc2O[C@H]1c1cccc(O)c1. The molecule has 2 atom stereocenters. The molecule has 3 N–H and O–H groups in total. The smallest absolute Gasteiger partial charge is 0.130 e. The van der Waals surface area contributed by atoms with Crippen LogP contribution in [0.4, 0.5) is 0 Å². The van der Waals surface area contributed by atoms with Crippen molar-refractivity contribution in [3.8, 4) is 23.0 Å². The van der Waals surface area contributed by atoms with E-state index in [1.807, 2.05) is 13.0 Å². The van der Waals surface area contributed by atoms with Crippen LogP contribution in [0.2, 0.25) is 0 Å². The van der Waals surface area contributed by atoms with Gasteiger partial charge in [-0.25, -0.2) is 0 Å². The van der Waals surface area contributed by atoms with Gasteiger partial charge in [0.25, 0.3) is 0 Å². The van der Waals surface area contributed by atoms with Gasteiger partial charge in [-0.05, 0) is 24.1 Å². The van der Waals surface area contributed by atoms with Gasteiger partial charge in [0.2, 0.25) is 0 Å². The summed E-state index contributed by atoms with van der Waals surface area (Å²) < 4.78 is 5.92. The molecule has 3 rings (SSSR count). The molecule has 0 radical (unpaired) electrons. The van der Waals surface area contributed by atoms with Gasteiger partial charge in [-0.15, -0.1) is 0 Å².